The van der Waals surface area contributed by atoms with Gasteiger partial charge in [0.05, 0.1) is 29.0 Å². The van der Waals surface area contributed by atoms with Gasteiger partial charge in [-0.25, -0.2) is 4.98 Å². The molecule has 0 unspecified atom stereocenters. The Morgan fingerprint density at radius 2 is 2.04 bits per heavy atom. The van der Waals surface area contributed by atoms with E-state index >= 15 is 0 Å². The lowest BCUT2D eigenvalue weighted by atomic mass is 10.1. The van der Waals surface area contributed by atoms with E-state index in [1.54, 1.807) is 18.2 Å². The normalized spacial score (nSPS) is 11.0. The van der Waals surface area contributed by atoms with Crippen molar-refractivity contribution in [1.82, 2.24) is 20.3 Å². The minimum atomic E-state index is -0.393. The van der Waals surface area contributed by atoms with E-state index in [9.17, 15) is 9.59 Å². The van der Waals surface area contributed by atoms with Gasteiger partial charge in [-0.2, -0.15) is 0 Å². The van der Waals surface area contributed by atoms with Crippen molar-refractivity contribution >= 4 is 27.8 Å². The first-order valence-corrected chi connectivity index (χ1v) is 9.07. The van der Waals surface area contributed by atoms with Crippen LogP contribution in [-0.4, -0.2) is 34.5 Å². The Kier molecular flexibility index (Phi) is 4.80. The Morgan fingerprint density at radius 1 is 1.18 bits per heavy atom. The van der Waals surface area contributed by atoms with Crippen LogP contribution in [0.5, 0.6) is 5.75 Å². The van der Waals surface area contributed by atoms with Gasteiger partial charge in [0.2, 0.25) is 5.43 Å². The molecular weight excluding hydrogens is 356 g/mol. The van der Waals surface area contributed by atoms with Crippen molar-refractivity contribution in [2.75, 3.05) is 13.7 Å². The molecule has 7 heteroatoms. The van der Waals surface area contributed by atoms with Crippen molar-refractivity contribution in [2.24, 2.45) is 0 Å². The Labute approximate surface area is 160 Å². The summed E-state index contributed by atoms with van der Waals surface area (Å²) in [6.07, 6.45) is 2.85. The molecule has 2 heterocycles. The van der Waals surface area contributed by atoms with Crippen LogP contribution in [0.15, 0.2) is 53.5 Å². The topological polar surface area (TPSA) is 99.9 Å². The number of amides is 1. The maximum atomic E-state index is 12.6. The van der Waals surface area contributed by atoms with Gasteiger partial charge in [0.25, 0.3) is 5.91 Å². The molecule has 0 atom stereocenters. The summed E-state index contributed by atoms with van der Waals surface area (Å²) in [6, 6.07) is 13.0. The fourth-order valence-electron chi connectivity index (χ4n) is 3.24. The van der Waals surface area contributed by atoms with E-state index in [1.165, 1.54) is 13.3 Å². The van der Waals surface area contributed by atoms with Gasteiger partial charge in [0, 0.05) is 19.2 Å². The van der Waals surface area contributed by atoms with Crippen LogP contribution >= 0.6 is 0 Å². The number of nitrogens with zero attached hydrogens (tertiary/aromatic N) is 1. The molecule has 1 amide bonds. The summed E-state index contributed by atoms with van der Waals surface area (Å²) < 4.78 is 5.25. The number of aromatic nitrogens is 3. The molecule has 0 saturated heterocycles. The van der Waals surface area contributed by atoms with E-state index in [0.717, 1.165) is 16.9 Å². The standard InChI is InChI=1S/C21H20N4O3/c1-28-17-9-4-6-13-19(17)23-12-14(20(13)26)21(27)22-11-5-10-18-24-15-7-2-3-8-16(15)25-18/h2-4,6-9,12H,5,10-11H2,1H3,(H,22,27)(H,23,26)(H,24,25). The first kappa shape index (κ1) is 17.8. The molecule has 4 aromatic rings. The number of imidazole rings is 1. The van der Waals surface area contributed by atoms with Crippen LogP contribution in [0, 0.1) is 0 Å². The predicted octanol–water partition coefficient (Wildman–Crippen LogP) is 2.78. The van der Waals surface area contributed by atoms with Crippen molar-refractivity contribution in [2.45, 2.75) is 12.8 Å². The number of hydrogen-bond donors (Lipinski definition) is 3. The minimum Gasteiger partial charge on any atom is -0.495 e. The van der Waals surface area contributed by atoms with E-state index in [2.05, 4.69) is 20.3 Å². The molecule has 0 aliphatic rings. The summed E-state index contributed by atoms with van der Waals surface area (Å²) in [5, 5.41) is 3.23. The number of pyridine rings is 1. The highest BCUT2D eigenvalue weighted by atomic mass is 16.5. The number of methoxy groups -OCH3 is 1. The maximum Gasteiger partial charge on any atom is 0.256 e. The predicted molar refractivity (Wildman–Crippen MR) is 108 cm³/mol. The number of ether oxygens (including phenoxy) is 1. The summed E-state index contributed by atoms with van der Waals surface area (Å²) in [4.78, 5) is 35.8. The van der Waals surface area contributed by atoms with Gasteiger partial charge in [0.1, 0.15) is 17.1 Å². The number of fused-ring (bicyclic) bond motifs is 2. The van der Waals surface area contributed by atoms with Crippen LogP contribution in [-0.2, 0) is 6.42 Å². The molecule has 7 nitrogen and oxygen atoms in total. The van der Waals surface area contributed by atoms with Crippen LogP contribution in [0.3, 0.4) is 0 Å². The number of H-pyrrole nitrogens is 2. The zero-order valence-corrected chi connectivity index (χ0v) is 15.4. The van der Waals surface area contributed by atoms with Crippen LogP contribution in [0.2, 0.25) is 0 Å². The maximum absolute atomic E-state index is 12.6. The monoisotopic (exact) mass is 376 g/mol. The van der Waals surface area contributed by atoms with E-state index in [0.29, 0.717) is 36.0 Å². The van der Waals surface area contributed by atoms with Crippen LogP contribution < -0.4 is 15.5 Å². The van der Waals surface area contributed by atoms with Crippen LogP contribution in [0.4, 0.5) is 0 Å². The molecule has 0 radical (unpaired) electrons. The Morgan fingerprint density at radius 3 is 2.86 bits per heavy atom. The lowest BCUT2D eigenvalue weighted by molar-refractivity contribution is 0.0952. The summed E-state index contributed by atoms with van der Waals surface area (Å²) in [7, 11) is 1.54. The quantitative estimate of drug-likeness (QED) is 0.451. The third-order valence-electron chi connectivity index (χ3n) is 4.66. The molecule has 0 fully saturated rings. The number of nitrogens with one attached hydrogen (secondary N) is 3. The van der Waals surface area contributed by atoms with Gasteiger partial charge in [-0.3, -0.25) is 9.59 Å². The fourth-order valence-corrected chi connectivity index (χ4v) is 3.24. The van der Waals surface area contributed by atoms with E-state index in [-0.39, 0.29) is 11.0 Å². The molecule has 0 spiro atoms. The molecule has 2 aromatic carbocycles. The van der Waals surface area contributed by atoms with Crippen molar-refractivity contribution in [3.63, 3.8) is 0 Å². The molecule has 3 N–H and O–H groups in total. The number of aromatic amines is 2. The second-order valence-electron chi connectivity index (χ2n) is 6.47. The molecular formula is C21H20N4O3. The molecule has 2 aromatic heterocycles. The van der Waals surface area contributed by atoms with Crippen molar-refractivity contribution in [3.8, 4) is 5.75 Å². The first-order valence-electron chi connectivity index (χ1n) is 9.07. The highest BCUT2D eigenvalue weighted by molar-refractivity contribution is 5.97. The summed E-state index contributed by atoms with van der Waals surface area (Å²) in [5.74, 6) is 1.05. The fraction of sp³-hybridized carbons (Fsp3) is 0.190. The first-order chi connectivity index (χ1) is 13.7. The van der Waals surface area contributed by atoms with Gasteiger partial charge in [0.15, 0.2) is 0 Å². The zero-order valence-electron chi connectivity index (χ0n) is 15.4. The van der Waals surface area contributed by atoms with Crippen molar-refractivity contribution < 1.29 is 9.53 Å². The van der Waals surface area contributed by atoms with Crippen LogP contribution in [0.25, 0.3) is 21.9 Å². The average Bonchev–Trinajstić information content (AvgIpc) is 3.14. The number of aryl methyl sites for hydroxylation is 1. The number of hydrogen-bond acceptors (Lipinski definition) is 4. The van der Waals surface area contributed by atoms with Gasteiger partial charge >= 0.3 is 0 Å². The molecule has 0 saturated carbocycles. The second kappa shape index (κ2) is 7.56. The second-order valence-corrected chi connectivity index (χ2v) is 6.47. The third kappa shape index (κ3) is 3.34. The van der Waals surface area contributed by atoms with Crippen molar-refractivity contribution in [3.05, 3.63) is 70.3 Å². The molecule has 0 bridgehead atoms. The van der Waals surface area contributed by atoms with E-state index in [4.69, 9.17) is 4.74 Å². The Bertz CT molecular complexity index is 1180. The lowest BCUT2D eigenvalue weighted by Gasteiger charge is -2.08. The molecule has 142 valence electrons. The minimum absolute atomic E-state index is 0.0875. The number of carbonyl (C=O) groups is 1. The van der Waals surface area contributed by atoms with Crippen molar-refractivity contribution in [1.29, 1.82) is 0 Å². The van der Waals surface area contributed by atoms with Gasteiger partial charge in [-0.15, -0.1) is 0 Å². The van der Waals surface area contributed by atoms with Gasteiger partial charge in [-0.1, -0.05) is 18.2 Å². The van der Waals surface area contributed by atoms with Gasteiger partial charge in [-0.05, 0) is 30.7 Å². The Hall–Kier alpha value is -3.61. The zero-order chi connectivity index (χ0) is 19.5. The third-order valence-corrected chi connectivity index (χ3v) is 4.66. The number of benzene rings is 2. The smallest absolute Gasteiger partial charge is 0.256 e. The summed E-state index contributed by atoms with van der Waals surface area (Å²) in [6.45, 7) is 0.450. The largest absolute Gasteiger partial charge is 0.495 e. The summed E-state index contributed by atoms with van der Waals surface area (Å²) in [5.41, 5.74) is 2.28. The number of para-hydroxylation sites is 3. The highest BCUT2D eigenvalue weighted by Crippen LogP contribution is 2.20. The SMILES string of the molecule is COc1cccc2c(=O)c(C(=O)NCCCc3nc4ccccc4[nH]3)c[nH]c12. The van der Waals surface area contributed by atoms with E-state index < -0.39 is 5.91 Å². The number of carbonyl (C=O) groups excluding carboxylic acids is 1. The molecule has 0 aliphatic carbocycles. The van der Waals surface area contributed by atoms with Gasteiger partial charge < -0.3 is 20.0 Å². The molecule has 4 rings (SSSR count). The average molecular weight is 376 g/mol. The highest BCUT2D eigenvalue weighted by Gasteiger charge is 2.14. The van der Waals surface area contributed by atoms with E-state index in [1.807, 2.05) is 24.3 Å². The summed E-state index contributed by atoms with van der Waals surface area (Å²) >= 11 is 0. The lowest BCUT2D eigenvalue weighted by Crippen LogP contribution is -2.29. The molecule has 28 heavy (non-hydrogen) atoms. The molecule has 0 aliphatic heterocycles. The number of rotatable bonds is 6. The Balaban J connectivity index is 1.41. The van der Waals surface area contributed by atoms with Crippen LogP contribution in [0.1, 0.15) is 22.6 Å².